The van der Waals surface area contributed by atoms with Crippen LogP contribution >= 0.6 is 7.26 Å². The Morgan fingerprint density at radius 1 is 1.18 bits per heavy atom. The zero-order valence-corrected chi connectivity index (χ0v) is 15.6. The van der Waals surface area contributed by atoms with Crippen molar-refractivity contribution in [2.45, 2.75) is 47.2 Å². The Balaban J connectivity index is 3.06. The molecular weight excluding hydrogens is 291 g/mol. The maximum atomic E-state index is 12.8. The van der Waals surface area contributed by atoms with Gasteiger partial charge in [0.2, 0.25) is 0 Å². The van der Waals surface area contributed by atoms with Gasteiger partial charge in [-0.05, 0) is 52.7 Å². The molecule has 1 aromatic carbocycles. The van der Waals surface area contributed by atoms with Crippen molar-refractivity contribution in [3.8, 4) is 0 Å². The number of hydrogen-bond acceptors (Lipinski definition) is 1. The fourth-order valence-electron chi connectivity index (χ4n) is 3.17. The zero-order valence-electron chi connectivity index (χ0n) is 14.7. The first kappa shape index (κ1) is 18.7. The number of hydrogen-bond donors (Lipinski definition) is 1. The first-order valence-corrected chi connectivity index (χ1v) is 10.4. The average Bonchev–Trinajstić information content (AvgIpc) is 2.52. The smallest absolute Gasteiger partial charge is 0.264 e. The van der Waals surface area contributed by atoms with Crippen LogP contribution in [0, 0.1) is 20.4 Å². The number of nitrogens with zero attached hydrogens (tertiary/aromatic N) is 1. The third kappa shape index (κ3) is 3.68. The number of benzene rings is 1. The fraction of sp³-hybridized carbons (Fsp3) is 0.556. The molecule has 0 aromatic heterocycles. The van der Waals surface area contributed by atoms with Gasteiger partial charge in [0.05, 0.1) is 25.1 Å². The molecule has 3 nitrogen and oxygen atoms in total. The van der Waals surface area contributed by atoms with Gasteiger partial charge in [-0.1, -0.05) is 12.1 Å². The predicted octanol–water partition coefficient (Wildman–Crippen LogP) is 5.26. The van der Waals surface area contributed by atoms with Crippen molar-refractivity contribution >= 4 is 24.5 Å². The van der Waals surface area contributed by atoms with Gasteiger partial charge < -0.3 is 5.32 Å². The Labute approximate surface area is 135 Å². The van der Waals surface area contributed by atoms with Crippen LogP contribution in [0.1, 0.15) is 38.8 Å². The maximum Gasteiger partial charge on any atom is 0.264 e. The number of anilines is 1. The van der Waals surface area contributed by atoms with Crippen LogP contribution in [0.5, 0.6) is 0 Å². The number of amides is 1. The average molecular weight is 319 g/mol. The van der Waals surface area contributed by atoms with Crippen LogP contribution in [0.25, 0.3) is 4.85 Å². The third-order valence-corrected chi connectivity index (χ3v) is 10.6. The molecule has 1 amide bonds. The standard InChI is InChI=1S/C18H27N2OP/c1-8-22(9-2,10-3)15(6)18(21)20-17-13(4)11-16(19-7)12-14(17)5/h11-12,15H,8-10H2,1-6H3/p+1. The van der Waals surface area contributed by atoms with E-state index in [2.05, 4.69) is 37.9 Å². The number of nitrogens with one attached hydrogen (secondary N) is 1. The highest BCUT2D eigenvalue weighted by Gasteiger charge is 2.42. The molecule has 0 saturated carbocycles. The summed E-state index contributed by atoms with van der Waals surface area (Å²) in [5.41, 5.74) is 3.48. The Bertz CT molecular complexity index is 554. The van der Waals surface area contributed by atoms with Crippen molar-refractivity contribution in [3.05, 3.63) is 34.7 Å². The van der Waals surface area contributed by atoms with Gasteiger partial charge in [-0.3, -0.25) is 4.79 Å². The monoisotopic (exact) mass is 319 g/mol. The molecule has 1 aromatic rings. The first-order valence-electron chi connectivity index (χ1n) is 8.00. The molecule has 0 saturated heterocycles. The molecule has 0 fully saturated rings. The predicted molar refractivity (Wildman–Crippen MR) is 98.8 cm³/mol. The Hall–Kier alpha value is -1.39. The van der Waals surface area contributed by atoms with Crippen LogP contribution in [0.3, 0.4) is 0 Å². The van der Waals surface area contributed by atoms with Crippen LogP contribution in [0.15, 0.2) is 12.1 Å². The fourth-order valence-corrected chi connectivity index (χ4v) is 6.72. The van der Waals surface area contributed by atoms with Gasteiger partial charge in [-0.2, -0.15) is 0 Å². The molecule has 1 atom stereocenters. The van der Waals surface area contributed by atoms with E-state index in [1.165, 1.54) is 0 Å². The first-order chi connectivity index (χ1) is 10.3. The second kappa shape index (κ2) is 7.75. The molecule has 0 aliphatic carbocycles. The summed E-state index contributed by atoms with van der Waals surface area (Å²) >= 11 is 0. The lowest BCUT2D eigenvalue weighted by Gasteiger charge is -2.29. The van der Waals surface area contributed by atoms with Crippen LogP contribution in [0.4, 0.5) is 11.4 Å². The van der Waals surface area contributed by atoms with Crippen molar-refractivity contribution in [1.29, 1.82) is 0 Å². The number of carbonyl (C=O) groups is 1. The van der Waals surface area contributed by atoms with Crippen LogP contribution < -0.4 is 5.32 Å². The quantitative estimate of drug-likeness (QED) is 0.563. The van der Waals surface area contributed by atoms with Gasteiger partial charge >= 0.3 is 0 Å². The van der Waals surface area contributed by atoms with Gasteiger partial charge in [-0.15, -0.1) is 0 Å². The summed E-state index contributed by atoms with van der Waals surface area (Å²) in [6.45, 7) is 19.7. The van der Waals surface area contributed by atoms with Gasteiger partial charge in [0, 0.05) is 12.9 Å². The molecule has 22 heavy (non-hydrogen) atoms. The van der Waals surface area contributed by atoms with Crippen LogP contribution in [-0.2, 0) is 4.79 Å². The highest BCUT2D eigenvalue weighted by atomic mass is 31.2. The largest absolute Gasteiger partial charge is 0.322 e. The minimum atomic E-state index is -1.23. The van der Waals surface area contributed by atoms with Gasteiger partial charge in [0.15, 0.2) is 5.69 Å². The minimum Gasteiger partial charge on any atom is -0.322 e. The van der Waals surface area contributed by atoms with Crippen molar-refractivity contribution < 1.29 is 4.79 Å². The van der Waals surface area contributed by atoms with E-state index in [4.69, 9.17) is 6.57 Å². The van der Waals surface area contributed by atoms with Gasteiger partial charge in [0.25, 0.3) is 5.91 Å². The van der Waals surface area contributed by atoms with E-state index in [9.17, 15) is 4.79 Å². The molecule has 0 heterocycles. The molecule has 1 unspecified atom stereocenters. The van der Waals surface area contributed by atoms with Crippen molar-refractivity contribution in [1.82, 2.24) is 0 Å². The molecule has 4 heteroatoms. The molecule has 1 N–H and O–H groups in total. The van der Waals surface area contributed by atoms with Gasteiger partial charge in [-0.25, -0.2) is 4.85 Å². The van der Waals surface area contributed by atoms with E-state index in [-0.39, 0.29) is 11.6 Å². The van der Waals surface area contributed by atoms with Crippen LogP contribution in [0.2, 0.25) is 0 Å². The third-order valence-electron chi connectivity index (χ3n) is 4.99. The summed E-state index contributed by atoms with van der Waals surface area (Å²) in [7, 11) is -1.23. The van der Waals surface area contributed by atoms with Crippen molar-refractivity contribution in [2.24, 2.45) is 0 Å². The minimum absolute atomic E-state index is 0.0758. The molecule has 0 bridgehead atoms. The topological polar surface area (TPSA) is 33.5 Å². The summed E-state index contributed by atoms with van der Waals surface area (Å²) in [6.07, 6.45) is 3.34. The highest BCUT2D eigenvalue weighted by Crippen LogP contribution is 2.62. The Morgan fingerprint density at radius 3 is 2.00 bits per heavy atom. The molecule has 0 spiro atoms. The molecule has 0 radical (unpaired) electrons. The van der Waals surface area contributed by atoms with Crippen molar-refractivity contribution in [3.63, 3.8) is 0 Å². The molecule has 120 valence electrons. The highest BCUT2D eigenvalue weighted by molar-refractivity contribution is 7.77. The summed E-state index contributed by atoms with van der Waals surface area (Å²) in [6, 6.07) is 3.67. The lowest BCUT2D eigenvalue weighted by molar-refractivity contribution is -0.115. The van der Waals surface area contributed by atoms with Gasteiger partial charge in [0.1, 0.15) is 5.66 Å². The SMILES string of the molecule is [C-]#[N+]c1cc(C)c(NC(=O)C(C)[P+](CC)(CC)CC)c(C)c1. The molecule has 0 aliphatic heterocycles. The lowest BCUT2D eigenvalue weighted by atomic mass is 10.1. The van der Waals surface area contributed by atoms with E-state index >= 15 is 0 Å². The zero-order chi connectivity index (χ0) is 16.9. The molecule has 0 aliphatic rings. The normalized spacial score (nSPS) is 12.6. The molecular formula is C18H28N2OP+. The summed E-state index contributed by atoms with van der Waals surface area (Å²) in [4.78, 5) is 16.2. The maximum absolute atomic E-state index is 12.8. The second-order valence-electron chi connectivity index (χ2n) is 5.90. The van der Waals surface area contributed by atoms with Crippen molar-refractivity contribution in [2.75, 3.05) is 23.8 Å². The number of aryl methyl sites for hydroxylation is 2. The number of rotatable bonds is 6. The molecule has 1 rings (SSSR count). The Morgan fingerprint density at radius 2 is 1.64 bits per heavy atom. The Kier molecular flexibility index (Phi) is 6.57. The second-order valence-corrected chi connectivity index (χ2v) is 11.0. The summed E-state index contributed by atoms with van der Waals surface area (Å²) in [5, 5.41) is 3.12. The summed E-state index contributed by atoms with van der Waals surface area (Å²) < 4.78 is 0. The van der Waals surface area contributed by atoms with E-state index in [0.29, 0.717) is 5.69 Å². The van der Waals surface area contributed by atoms with E-state index in [0.717, 1.165) is 35.3 Å². The lowest BCUT2D eigenvalue weighted by Crippen LogP contribution is -2.31. The van der Waals surface area contributed by atoms with Crippen LogP contribution in [-0.4, -0.2) is 30.1 Å². The van der Waals surface area contributed by atoms with E-state index in [1.807, 2.05) is 26.0 Å². The number of carbonyl (C=O) groups excluding carboxylic acids is 1. The summed E-state index contributed by atoms with van der Waals surface area (Å²) in [5.74, 6) is 0.126. The van der Waals surface area contributed by atoms with E-state index in [1.54, 1.807) is 0 Å². The van der Waals surface area contributed by atoms with E-state index < -0.39 is 7.26 Å².